The van der Waals surface area contributed by atoms with Gasteiger partial charge >= 0.3 is 0 Å². The monoisotopic (exact) mass is 186 g/mol. The Morgan fingerprint density at radius 3 is 2.67 bits per heavy atom. The maximum Gasteiger partial charge on any atom is 0.248 e. The number of unbranched alkanes of at least 4 members (excludes halogenated alkanes) is 1. The third-order valence-corrected chi connectivity index (χ3v) is 2.50. The van der Waals surface area contributed by atoms with E-state index < -0.39 is 0 Å². The average molecular weight is 186 g/mol. The van der Waals surface area contributed by atoms with E-state index in [0.29, 0.717) is 11.7 Å². The number of nitrogens with zero attached hydrogens (tertiary/aromatic N) is 2. The van der Waals surface area contributed by atoms with Crippen molar-refractivity contribution in [3.05, 3.63) is 0 Å². The molecule has 3 nitrogen and oxygen atoms in total. The molecule has 1 amide bonds. The number of thiocarbonyl (C=S) groups is 1. The number of hydrogen-bond donors (Lipinski definition) is 0. The van der Waals surface area contributed by atoms with Crippen LogP contribution < -0.4 is 0 Å². The van der Waals surface area contributed by atoms with Gasteiger partial charge in [0.15, 0.2) is 5.11 Å². The Morgan fingerprint density at radius 2 is 2.25 bits per heavy atom. The van der Waals surface area contributed by atoms with E-state index in [9.17, 15) is 4.79 Å². The SMILES string of the molecule is CCCCN1C(=O)CN(C)C1=S. The van der Waals surface area contributed by atoms with Gasteiger partial charge in [-0.1, -0.05) is 13.3 Å². The quantitative estimate of drug-likeness (QED) is 0.610. The first kappa shape index (κ1) is 9.45. The molecule has 1 aliphatic heterocycles. The van der Waals surface area contributed by atoms with Crippen LogP contribution in [0.15, 0.2) is 0 Å². The van der Waals surface area contributed by atoms with Crippen LogP contribution in [0.1, 0.15) is 19.8 Å². The van der Waals surface area contributed by atoms with Gasteiger partial charge in [-0.3, -0.25) is 9.69 Å². The fraction of sp³-hybridized carbons (Fsp3) is 0.750. The van der Waals surface area contributed by atoms with Crippen molar-refractivity contribution in [2.45, 2.75) is 19.8 Å². The van der Waals surface area contributed by atoms with Crippen LogP contribution in [-0.4, -0.2) is 41.0 Å². The second kappa shape index (κ2) is 3.85. The molecule has 1 fully saturated rings. The molecule has 0 saturated carbocycles. The Hall–Kier alpha value is -0.640. The van der Waals surface area contributed by atoms with E-state index in [1.54, 1.807) is 4.90 Å². The number of amides is 1. The minimum Gasteiger partial charge on any atom is -0.343 e. The van der Waals surface area contributed by atoms with Gasteiger partial charge < -0.3 is 4.90 Å². The van der Waals surface area contributed by atoms with Crippen LogP contribution in [0.25, 0.3) is 0 Å². The van der Waals surface area contributed by atoms with Crippen molar-refractivity contribution < 1.29 is 4.79 Å². The van der Waals surface area contributed by atoms with Crippen molar-refractivity contribution in [1.82, 2.24) is 9.80 Å². The Bertz CT molecular complexity index is 205. The predicted octanol–water partition coefficient (Wildman–Crippen LogP) is 0.845. The Morgan fingerprint density at radius 1 is 1.58 bits per heavy atom. The molecule has 0 spiro atoms. The van der Waals surface area contributed by atoms with Gasteiger partial charge in [0, 0.05) is 13.6 Å². The van der Waals surface area contributed by atoms with Gasteiger partial charge in [-0.25, -0.2) is 0 Å². The van der Waals surface area contributed by atoms with Crippen LogP contribution in [0.2, 0.25) is 0 Å². The number of rotatable bonds is 3. The number of carbonyl (C=O) groups is 1. The van der Waals surface area contributed by atoms with E-state index in [1.807, 2.05) is 11.9 Å². The normalized spacial score (nSPS) is 17.8. The molecule has 0 aromatic heterocycles. The van der Waals surface area contributed by atoms with Crippen LogP contribution in [0.3, 0.4) is 0 Å². The molecule has 0 aromatic rings. The van der Waals surface area contributed by atoms with Crippen LogP contribution >= 0.6 is 12.2 Å². The molecule has 0 aliphatic carbocycles. The molecule has 0 atom stereocenters. The van der Waals surface area contributed by atoms with Gasteiger partial charge in [-0.2, -0.15) is 0 Å². The first-order valence-corrected chi connectivity index (χ1v) is 4.63. The lowest BCUT2D eigenvalue weighted by atomic mass is 10.3. The highest BCUT2D eigenvalue weighted by Crippen LogP contribution is 2.09. The summed E-state index contributed by atoms with van der Waals surface area (Å²) >= 11 is 5.08. The lowest BCUT2D eigenvalue weighted by molar-refractivity contribution is -0.125. The van der Waals surface area contributed by atoms with Crippen molar-refractivity contribution in [1.29, 1.82) is 0 Å². The summed E-state index contributed by atoms with van der Waals surface area (Å²) < 4.78 is 0. The lowest BCUT2D eigenvalue weighted by Crippen LogP contribution is -2.32. The Labute approximate surface area is 78.3 Å². The third-order valence-electron chi connectivity index (χ3n) is 1.97. The van der Waals surface area contributed by atoms with Crippen LogP contribution in [-0.2, 0) is 4.79 Å². The molecule has 0 radical (unpaired) electrons. The van der Waals surface area contributed by atoms with Gasteiger partial charge in [0.2, 0.25) is 5.91 Å². The maximum absolute atomic E-state index is 11.3. The lowest BCUT2D eigenvalue weighted by Gasteiger charge is -2.16. The maximum atomic E-state index is 11.3. The molecule has 0 bridgehead atoms. The summed E-state index contributed by atoms with van der Waals surface area (Å²) in [6, 6.07) is 0. The summed E-state index contributed by atoms with van der Waals surface area (Å²) in [5.41, 5.74) is 0. The zero-order chi connectivity index (χ0) is 9.14. The molecule has 1 heterocycles. The van der Waals surface area contributed by atoms with Crippen molar-refractivity contribution in [3.63, 3.8) is 0 Å². The summed E-state index contributed by atoms with van der Waals surface area (Å²) in [4.78, 5) is 14.8. The van der Waals surface area contributed by atoms with Crippen molar-refractivity contribution >= 4 is 23.2 Å². The van der Waals surface area contributed by atoms with Gasteiger partial charge in [-0.05, 0) is 18.6 Å². The van der Waals surface area contributed by atoms with Crippen LogP contribution in [0, 0.1) is 0 Å². The summed E-state index contributed by atoms with van der Waals surface area (Å²) in [6.07, 6.45) is 2.12. The van der Waals surface area contributed by atoms with Crippen molar-refractivity contribution in [3.8, 4) is 0 Å². The first-order valence-electron chi connectivity index (χ1n) is 4.22. The summed E-state index contributed by atoms with van der Waals surface area (Å²) in [6.45, 7) is 3.33. The van der Waals surface area contributed by atoms with E-state index in [2.05, 4.69) is 6.92 Å². The number of carbonyl (C=O) groups excluding carboxylic acids is 1. The van der Waals surface area contributed by atoms with E-state index in [0.717, 1.165) is 19.4 Å². The van der Waals surface area contributed by atoms with Gasteiger partial charge in [0.1, 0.15) is 0 Å². The standard InChI is InChI=1S/C8H14N2OS/c1-3-4-5-10-7(11)6-9(2)8(10)12/h3-6H2,1-2H3. The molecule has 1 aliphatic rings. The first-order chi connectivity index (χ1) is 5.66. The predicted molar refractivity (Wildman–Crippen MR) is 51.8 cm³/mol. The van der Waals surface area contributed by atoms with E-state index >= 15 is 0 Å². The highest BCUT2D eigenvalue weighted by Gasteiger charge is 2.28. The highest BCUT2D eigenvalue weighted by atomic mass is 32.1. The molecule has 4 heteroatoms. The van der Waals surface area contributed by atoms with Gasteiger partial charge in [-0.15, -0.1) is 0 Å². The molecule has 0 unspecified atom stereocenters. The fourth-order valence-corrected chi connectivity index (χ4v) is 1.46. The summed E-state index contributed by atoms with van der Waals surface area (Å²) in [5.74, 6) is 0.135. The average Bonchev–Trinajstić information content (AvgIpc) is 2.25. The van der Waals surface area contributed by atoms with Crippen LogP contribution in [0.5, 0.6) is 0 Å². The topological polar surface area (TPSA) is 23.6 Å². The number of hydrogen-bond acceptors (Lipinski definition) is 2. The molecule has 1 saturated heterocycles. The summed E-state index contributed by atoms with van der Waals surface area (Å²) in [5, 5.41) is 0.674. The molecule has 68 valence electrons. The molecular weight excluding hydrogens is 172 g/mol. The second-order valence-electron chi connectivity index (χ2n) is 3.04. The minimum atomic E-state index is 0.135. The Kier molecular flexibility index (Phi) is 3.03. The largest absolute Gasteiger partial charge is 0.343 e. The van der Waals surface area contributed by atoms with Crippen molar-refractivity contribution in [2.24, 2.45) is 0 Å². The van der Waals surface area contributed by atoms with E-state index in [-0.39, 0.29) is 5.91 Å². The van der Waals surface area contributed by atoms with Gasteiger partial charge in [0.05, 0.1) is 6.54 Å². The van der Waals surface area contributed by atoms with Crippen LogP contribution in [0.4, 0.5) is 0 Å². The molecular formula is C8H14N2OS. The van der Waals surface area contributed by atoms with E-state index in [4.69, 9.17) is 12.2 Å². The highest BCUT2D eigenvalue weighted by molar-refractivity contribution is 7.80. The molecule has 12 heavy (non-hydrogen) atoms. The molecule has 1 rings (SSSR count). The molecule has 0 aromatic carbocycles. The van der Waals surface area contributed by atoms with Gasteiger partial charge in [0.25, 0.3) is 0 Å². The second-order valence-corrected chi connectivity index (χ2v) is 3.40. The van der Waals surface area contributed by atoms with Crippen molar-refractivity contribution in [2.75, 3.05) is 20.1 Å². The zero-order valence-corrected chi connectivity index (χ0v) is 8.36. The Balaban J connectivity index is 2.52. The molecule has 0 N–H and O–H groups in total. The fourth-order valence-electron chi connectivity index (χ4n) is 1.21. The number of likely N-dealkylation sites (N-methyl/N-ethyl adjacent to an activating group) is 1. The zero-order valence-electron chi connectivity index (χ0n) is 7.54. The minimum absolute atomic E-state index is 0.135. The summed E-state index contributed by atoms with van der Waals surface area (Å²) in [7, 11) is 1.85. The van der Waals surface area contributed by atoms with E-state index in [1.165, 1.54) is 0 Å². The smallest absolute Gasteiger partial charge is 0.248 e. The third kappa shape index (κ3) is 1.75.